The Kier molecular flexibility index (Phi) is 6.48. The second-order valence-electron chi connectivity index (χ2n) is 10.6. The Morgan fingerprint density at radius 2 is 1.67 bits per heavy atom. The summed E-state index contributed by atoms with van der Waals surface area (Å²) < 4.78 is 17.6. The van der Waals surface area contributed by atoms with Crippen molar-refractivity contribution in [3.05, 3.63) is 42.6 Å². The molecule has 3 saturated heterocycles. The highest BCUT2D eigenvalue weighted by molar-refractivity contribution is 5.95. The van der Waals surface area contributed by atoms with Gasteiger partial charge in [-0.2, -0.15) is 0 Å². The van der Waals surface area contributed by atoms with E-state index in [4.69, 9.17) is 14.2 Å². The quantitative estimate of drug-likeness (QED) is 0.612. The molecule has 1 amide bonds. The van der Waals surface area contributed by atoms with Gasteiger partial charge in [0.15, 0.2) is 0 Å². The zero-order chi connectivity index (χ0) is 24.5. The molecule has 0 atom stereocenters. The third-order valence-electron chi connectivity index (χ3n) is 8.21. The standard InChI is InChI=1S/C28H36N4O4/c1-34-26-9-6-23(18-29-26)32-20-28(35-19-27(32)33)12-16-31(17-13-28)22-4-7-24(8-5-22)36-25-10-14-30(15-11-25)21-2-3-21/h4-9,18,21,25H,2-3,10-17,19-20H2,1H3. The van der Waals surface area contributed by atoms with E-state index in [1.165, 1.54) is 31.6 Å². The van der Waals surface area contributed by atoms with Crippen LogP contribution in [0.15, 0.2) is 42.6 Å². The lowest BCUT2D eigenvalue weighted by atomic mass is 9.88. The number of amides is 1. The van der Waals surface area contributed by atoms with Gasteiger partial charge in [0, 0.05) is 44.0 Å². The van der Waals surface area contributed by atoms with Crippen molar-refractivity contribution in [1.29, 1.82) is 0 Å². The number of morpholine rings is 1. The maximum absolute atomic E-state index is 12.6. The third kappa shape index (κ3) is 5.02. The number of hydrogen-bond donors (Lipinski definition) is 0. The molecule has 0 bridgehead atoms. The second kappa shape index (κ2) is 9.90. The monoisotopic (exact) mass is 492 g/mol. The van der Waals surface area contributed by atoms with Crippen LogP contribution in [0.4, 0.5) is 11.4 Å². The fourth-order valence-electron chi connectivity index (χ4n) is 5.80. The van der Waals surface area contributed by atoms with Crippen molar-refractivity contribution in [2.45, 2.75) is 56.3 Å². The Morgan fingerprint density at radius 3 is 2.31 bits per heavy atom. The van der Waals surface area contributed by atoms with Gasteiger partial charge in [-0.05, 0) is 68.9 Å². The summed E-state index contributed by atoms with van der Waals surface area (Å²) in [6, 6.07) is 13.1. The van der Waals surface area contributed by atoms with E-state index in [-0.39, 0.29) is 18.1 Å². The largest absolute Gasteiger partial charge is 0.490 e. The average molecular weight is 493 g/mol. The van der Waals surface area contributed by atoms with Crippen molar-refractivity contribution in [2.24, 2.45) is 0 Å². The van der Waals surface area contributed by atoms with Crippen molar-refractivity contribution in [3.63, 3.8) is 0 Å². The van der Waals surface area contributed by atoms with E-state index >= 15 is 0 Å². The van der Waals surface area contributed by atoms with Gasteiger partial charge in [0.25, 0.3) is 5.91 Å². The van der Waals surface area contributed by atoms with Crippen LogP contribution in [-0.2, 0) is 9.53 Å². The Balaban J connectivity index is 1.03. The molecule has 0 N–H and O–H groups in total. The first-order valence-electron chi connectivity index (χ1n) is 13.3. The molecule has 0 radical (unpaired) electrons. The molecular weight excluding hydrogens is 456 g/mol. The Morgan fingerprint density at radius 1 is 0.944 bits per heavy atom. The van der Waals surface area contributed by atoms with Crippen molar-refractivity contribution >= 4 is 17.3 Å². The van der Waals surface area contributed by atoms with Crippen molar-refractivity contribution in [3.8, 4) is 11.6 Å². The third-order valence-corrected chi connectivity index (χ3v) is 8.21. The van der Waals surface area contributed by atoms with Crippen LogP contribution in [0.3, 0.4) is 0 Å². The molecule has 1 aromatic carbocycles. The summed E-state index contributed by atoms with van der Waals surface area (Å²) in [5, 5.41) is 0. The molecule has 8 heteroatoms. The number of benzene rings is 1. The SMILES string of the molecule is COc1ccc(N2CC3(CCN(c4ccc(OC5CCN(C6CC6)CC5)cc4)CC3)OCC2=O)cn1. The van der Waals surface area contributed by atoms with Gasteiger partial charge in [-0.3, -0.25) is 4.79 Å². The van der Waals surface area contributed by atoms with Crippen LogP contribution in [0, 0.1) is 0 Å². The van der Waals surface area contributed by atoms with Crippen LogP contribution >= 0.6 is 0 Å². The molecule has 4 aliphatic rings. The van der Waals surface area contributed by atoms with E-state index in [0.717, 1.165) is 56.3 Å². The van der Waals surface area contributed by atoms with Crippen molar-refractivity contribution in [2.75, 3.05) is 56.2 Å². The van der Waals surface area contributed by atoms with Gasteiger partial charge in [-0.1, -0.05) is 0 Å². The molecule has 6 rings (SSSR count). The topological polar surface area (TPSA) is 67.4 Å². The number of carbonyl (C=O) groups excluding carboxylic acids is 1. The lowest BCUT2D eigenvalue weighted by Crippen LogP contribution is -2.59. The average Bonchev–Trinajstić information content (AvgIpc) is 3.78. The normalized spacial score (nSPS) is 23.2. The number of rotatable bonds is 6. The fourth-order valence-corrected chi connectivity index (χ4v) is 5.80. The van der Waals surface area contributed by atoms with Gasteiger partial charge < -0.3 is 28.9 Å². The lowest BCUT2D eigenvalue weighted by Gasteiger charge is -2.47. The molecule has 4 heterocycles. The number of carbonyl (C=O) groups is 1. The number of aromatic nitrogens is 1. The summed E-state index contributed by atoms with van der Waals surface area (Å²) >= 11 is 0. The zero-order valence-electron chi connectivity index (χ0n) is 21.1. The van der Waals surface area contributed by atoms with Crippen LogP contribution in [0.25, 0.3) is 0 Å². The fraction of sp³-hybridized carbons (Fsp3) is 0.571. The van der Waals surface area contributed by atoms with Crippen molar-refractivity contribution < 1.29 is 19.0 Å². The lowest BCUT2D eigenvalue weighted by molar-refractivity contribution is -0.141. The van der Waals surface area contributed by atoms with Gasteiger partial charge >= 0.3 is 0 Å². The van der Waals surface area contributed by atoms with E-state index in [1.54, 1.807) is 19.4 Å². The Labute approximate surface area is 213 Å². The Bertz CT molecular complexity index is 1040. The van der Waals surface area contributed by atoms with Crippen LogP contribution < -0.4 is 19.3 Å². The molecule has 1 spiro atoms. The van der Waals surface area contributed by atoms with Gasteiger partial charge in [0.05, 0.1) is 31.1 Å². The van der Waals surface area contributed by atoms with E-state index in [1.807, 2.05) is 11.0 Å². The highest BCUT2D eigenvalue weighted by atomic mass is 16.5. The summed E-state index contributed by atoms with van der Waals surface area (Å²) in [5.74, 6) is 1.48. The van der Waals surface area contributed by atoms with Crippen LogP contribution in [0.2, 0.25) is 0 Å². The summed E-state index contributed by atoms with van der Waals surface area (Å²) in [4.78, 5) is 23.7. The zero-order valence-corrected chi connectivity index (χ0v) is 21.1. The number of hydrogen-bond acceptors (Lipinski definition) is 7. The van der Waals surface area contributed by atoms with E-state index in [9.17, 15) is 4.79 Å². The molecule has 1 aromatic heterocycles. The molecule has 2 aromatic rings. The predicted molar refractivity (Wildman–Crippen MR) is 138 cm³/mol. The summed E-state index contributed by atoms with van der Waals surface area (Å²) in [6.45, 7) is 4.79. The van der Waals surface area contributed by atoms with Crippen LogP contribution in [0.1, 0.15) is 38.5 Å². The summed E-state index contributed by atoms with van der Waals surface area (Å²) in [5.41, 5.74) is 1.69. The maximum atomic E-state index is 12.6. The first kappa shape index (κ1) is 23.6. The number of likely N-dealkylation sites (tertiary alicyclic amines) is 1. The number of nitrogens with zero attached hydrogens (tertiary/aromatic N) is 4. The van der Waals surface area contributed by atoms with Gasteiger partial charge in [-0.25, -0.2) is 4.98 Å². The number of pyridine rings is 1. The molecule has 4 fully saturated rings. The minimum absolute atomic E-state index is 0.0242. The van der Waals surface area contributed by atoms with E-state index in [0.29, 0.717) is 18.5 Å². The highest BCUT2D eigenvalue weighted by Gasteiger charge is 2.43. The highest BCUT2D eigenvalue weighted by Crippen LogP contribution is 2.35. The molecule has 36 heavy (non-hydrogen) atoms. The smallest absolute Gasteiger partial charge is 0.253 e. The van der Waals surface area contributed by atoms with Gasteiger partial charge in [-0.15, -0.1) is 0 Å². The van der Waals surface area contributed by atoms with Crippen LogP contribution in [-0.4, -0.2) is 80.0 Å². The number of ether oxygens (including phenoxy) is 3. The molecule has 8 nitrogen and oxygen atoms in total. The van der Waals surface area contributed by atoms with E-state index < -0.39 is 0 Å². The summed E-state index contributed by atoms with van der Waals surface area (Å²) in [6.07, 6.45) is 8.79. The minimum atomic E-state index is -0.317. The molecule has 0 unspecified atom stereocenters. The first-order chi connectivity index (χ1) is 17.6. The van der Waals surface area contributed by atoms with Gasteiger partial charge in [0.2, 0.25) is 5.88 Å². The van der Waals surface area contributed by atoms with Crippen molar-refractivity contribution in [1.82, 2.24) is 9.88 Å². The minimum Gasteiger partial charge on any atom is -0.490 e. The van der Waals surface area contributed by atoms with Gasteiger partial charge in [0.1, 0.15) is 18.5 Å². The molecule has 192 valence electrons. The molecule has 1 saturated carbocycles. The maximum Gasteiger partial charge on any atom is 0.253 e. The summed E-state index contributed by atoms with van der Waals surface area (Å²) in [7, 11) is 1.59. The number of methoxy groups -OCH3 is 1. The molecule has 1 aliphatic carbocycles. The second-order valence-corrected chi connectivity index (χ2v) is 10.6. The first-order valence-corrected chi connectivity index (χ1v) is 13.3. The van der Waals surface area contributed by atoms with Crippen LogP contribution in [0.5, 0.6) is 11.6 Å². The molecule has 3 aliphatic heterocycles. The predicted octanol–water partition coefficient (Wildman–Crippen LogP) is 3.50. The Hall–Kier alpha value is -2.84. The molecular formula is C28H36N4O4. The number of piperidine rings is 2. The number of anilines is 2. The van der Waals surface area contributed by atoms with E-state index in [2.05, 4.69) is 39.0 Å².